The van der Waals surface area contributed by atoms with Crippen LogP contribution in [0.2, 0.25) is 0 Å². The smallest absolute Gasteiger partial charge is 0.0714 e. The summed E-state index contributed by atoms with van der Waals surface area (Å²) in [5.74, 6) is 0. The van der Waals surface area contributed by atoms with Gasteiger partial charge in [0, 0.05) is 77.5 Å². The van der Waals surface area contributed by atoms with Crippen molar-refractivity contribution in [3.8, 4) is 67.0 Å². The van der Waals surface area contributed by atoms with Crippen LogP contribution in [-0.4, -0.2) is 9.13 Å². The van der Waals surface area contributed by atoms with Crippen molar-refractivity contribution in [1.29, 1.82) is 0 Å². The largest absolute Gasteiger partial charge is 0.310 e. The summed E-state index contributed by atoms with van der Waals surface area (Å²) in [4.78, 5) is 4.93. The van der Waals surface area contributed by atoms with E-state index in [1.54, 1.807) is 0 Å². The maximum absolute atomic E-state index is 2.49. The van der Waals surface area contributed by atoms with Gasteiger partial charge in [0.05, 0.1) is 38.6 Å². The predicted octanol–water partition coefficient (Wildman–Crippen LogP) is 33.7. The summed E-state index contributed by atoms with van der Waals surface area (Å²) in [5, 5.41) is 12.2. The van der Waals surface area contributed by atoms with Gasteiger partial charge in [0.2, 0.25) is 0 Å². The van der Waals surface area contributed by atoms with Crippen LogP contribution in [-0.2, 0) is 10.8 Å². The fourth-order valence-corrected chi connectivity index (χ4v) is 22.1. The molecule has 0 spiro atoms. The predicted molar refractivity (Wildman–Crippen MR) is 554 cm³/mol. The van der Waals surface area contributed by atoms with Gasteiger partial charge in [-0.25, -0.2) is 0 Å². The van der Waals surface area contributed by atoms with Gasteiger partial charge in [-0.15, -0.1) is 0 Å². The molecule has 4 nitrogen and oxygen atoms in total. The van der Waals surface area contributed by atoms with Crippen LogP contribution in [0.25, 0.3) is 143 Å². The number of fused-ring (bicyclic) bond motifs is 17. The highest BCUT2D eigenvalue weighted by molar-refractivity contribution is 6.21. The molecule has 2 atom stereocenters. The number of rotatable bonds is 15. The van der Waals surface area contributed by atoms with E-state index in [1.807, 2.05) is 0 Å². The quantitative estimate of drug-likeness (QED) is 0.102. The first kappa shape index (κ1) is 77.2. The van der Waals surface area contributed by atoms with Gasteiger partial charge in [0.25, 0.3) is 0 Å². The molecule has 0 aliphatic heterocycles. The zero-order valence-corrected chi connectivity index (χ0v) is 72.4. The zero-order valence-electron chi connectivity index (χ0n) is 72.4. The zero-order chi connectivity index (χ0) is 87.2. The van der Waals surface area contributed by atoms with Crippen LogP contribution in [0, 0.1) is 0 Å². The molecule has 0 saturated heterocycles. The molecular weight excluding hydrogens is 1590 g/mol. The van der Waals surface area contributed by atoms with E-state index >= 15 is 0 Å². The Morgan fingerprint density at radius 1 is 0.167 bits per heavy atom. The Morgan fingerprint density at radius 2 is 0.477 bits per heavy atom. The summed E-state index contributed by atoms with van der Waals surface area (Å²) in [5.41, 5.74) is 34.8. The number of nitrogens with zero attached hydrogens (tertiary/aromatic N) is 4. The number of hydrogen-bond donors (Lipinski definition) is 0. The maximum atomic E-state index is 2.49. The minimum atomic E-state index is -0.576. The van der Waals surface area contributed by atoms with Gasteiger partial charge in [0.15, 0.2) is 0 Å². The van der Waals surface area contributed by atoms with E-state index in [-0.39, 0.29) is 0 Å². The van der Waals surface area contributed by atoms with Crippen LogP contribution in [0.1, 0.15) is 44.5 Å². The van der Waals surface area contributed by atoms with E-state index in [0.29, 0.717) is 0 Å². The summed E-state index contributed by atoms with van der Waals surface area (Å²) in [7, 11) is 0. The fourth-order valence-electron chi connectivity index (χ4n) is 22.1. The molecular formula is C128H86N4. The summed E-state index contributed by atoms with van der Waals surface area (Å²) in [6.07, 6.45) is 0. The standard InChI is InChI=1S/C65H44N2.C63H42N2/c1-5-17-45(18-6-1)47-29-34-51(35-30-47)65(50-22-9-3-10-23-50)61-28-16-15-27-57(61)58-41-38-54(43-62(58)65)66(52-24-11-4-12-25-52)55-39-42-59-60-40-33-49-21-13-14-26-56(49)64(60)67(63(59)44-55)53-36-31-48(32-37-53)46-19-7-2-8-20-46;1-4-17-43(18-5-1)44-31-34-48(35-32-44)63(47-22-6-2-7-23-47)58-29-15-14-28-54(58)55-39-36-50(41-59(55)63)64(60-30-16-21-45-19-10-12-26-52(45)60)51-37-40-56-57-38-33-46-20-11-13-27-53(46)62(57)65(61(56)42-51)49-24-8-3-9-25-49/h1-44H;1-42H. The second kappa shape index (κ2) is 32.0. The van der Waals surface area contributed by atoms with Crippen molar-refractivity contribution >= 4 is 110 Å². The van der Waals surface area contributed by atoms with Gasteiger partial charge in [-0.3, -0.25) is 0 Å². The first-order chi connectivity index (χ1) is 65.5. The van der Waals surface area contributed by atoms with Crippen LogP contribution in [0.3, 0.4) is 0 Å². The van der Waals surface area contributed by atoms with Crippen LogP contribution in [0.5, 0.6) is 0 Å². The van der Waals surface area contributed by atoms with Crippen LogP contribution in [0.15, 0.2) is 522 Å². The van der Waals surface area contributed by atoms with Gasteiger partial charge in [-0.2, -0.15) is 0 Å². The Bertz CT molecular complexity index is 8520. The normalized spacial score (nSPS) is 14.1. The van der Waals surface area contributed by atoms with E-state index in [2.05, 4.69) is 541 Å². The summed E-state index contributed by atoms with van der Waals surface area (Å²) in [6, 6.07) is 192. The summed E-state index contributed by atoms with van der Waals surface area (Å²) in [6.45, 7) is 0. The minimum absolute atomic E-state index is 0.565. The van der Waals surface area contributed by atoms with Crippen molar-refractivity contribution < 1.29 is 0 Å². The molecule has 0 fully saturated rings. The highest BCUT2D eigenvalue weighted by atomic mass is 15.2. The first-order valence-electron chi connectivity index (χ1n) is 45.7. The van der Waals surface area contributed by atoms with E-state index in [4.69, 9.17) is 0 Å². The molecule has 4 heteroatoms. The Labute approximate surface area is 767 Å². The second-order valence-electron chi connectivity index (χ2n) is 34.9. The highest BCUT2D eigenvalue weighted by Crippen LogP contribution is 2.61. The Hall–Kier alpha value is -17.2. The fraction of sp³-hybridized carbons (Fsp3) is 0.0156. The van der Waals surface area contributed by atoms with E-state index in [0.717, 1.165) is 56.5 Å². The number of hydrogen-bond acceptors (Lipinski definition) is 2. The Morgan fingerprint density at radius 3 is 0.939 bits per heavy atom. The Kier molecular flexibility index (Phi) is 18.7. The molecule has 26 rings (SSSR count). The van der Waals surface area contributed by atoms with E-state index in [1.165, 1.54) is 165 Å². The molecule has 2 aliphatic carbocycles. The molecule has 22 aromatic carbocycles. The number of benzene rings is 22. The number of para-hydroxylation sites is 2. The van der Waals surface area contributed by atoms with Crippen LogP contribution < -0.4 is 9.80 Å². The molecule has 0 radical (unpaired) electrons. The van der Waals surface area contributed by atoms with Crippen molar-refractivity contribution in [2.45, 2.75) is 10.8 Å². The molecule has 132 heavy (non-hydrogen) atoms. The second-order valence-corrected chi connectivity index (χ2v) is 34.9. The van der Waals surface area contributed by atoms with Crippen molar-refractivity contribution in [2.75, 3.05) is 9.80 Å². The third-order valence-electron chi connectivity index (χ3n) is 27.9. The lowest BCUT2D eigenvalue weighted by atomic mass is 9.67. The lowest BCUT2D eigenvalue weighted by molar-refractivity contribution is 0.768. The van der Waals surface area contributed by atoms with Gasteiger partial charge >= 0.3 is 0 Å². The Balaban J connectivity index is 0.000000142. The summed E-state index contributed by atoms with van der Waals surface area (Å²) >= 11 is 0. The molecule has 0 saturated carbocycles. The maximum Gasteiger partial charge on any atom is 0.0714 e. The monoisotopic (exact) mass is 1680 g/mol. The molecule has 2 aliphatic rings. The first-order valence-corrected chi connectivity index (χ1v) is 45.7. The highest BCUT2D eigenvalue weighted by Gasteiger charge is 2.48. The van der Waals surface area contributed by atoms with Gasteiger partial charge < -0.3 is 18.9 Å². The van der Waals surface area contributed by atoms with E-state index < -0.39 is 10.8 Å². The number of anilines is 6. The molecule has 24 aromatic rings. The third-order valence-corrected chi connectivity index (χ3v) is 27.9. The molecule has 0 N–H and O–H groups in total. The average Bonchev–Trinajstić information content (AvgIpc) is 1.54. The lowest BCUT2D eigenvalue weighted by Gasteiger charge is -2.35. The number of aromatic nitrogens is 2. The SMILES string of the molecule is c1ccc(-c2ccc(-n3c4cc(N(c5ccccc5)c5ccc6c(c5)C(c5ccccc5)(c5ccc(-c7ccccc7)cc5)c5ccccc5-6)ccc4c4ccc5ccccc5c43)cc2)cc1.c1ccc(-c2ccc(C3(c4ccccc4)c4ccccc4-c4ccc(N(c5ccc6c7ccc8ccccc8c7n(-c7ccccc7)c6c5)c5cccc6ccccc56)cc43)cc2)cc1. The molecule has 2 unspecified atom stereocenters. The van der Waals surface area contributed by atoms with Gasteiger partial charge in [0.1, 0.15) is 0 Å². The van der Waals surface area contributed by atoms with Crippen LogP contribution in [0.4, 0.5) is 34.1 Å². The molecule has 0 amide bonds. The van der Waals surface area contributed by atoms with Crippen molar-refractivity contribution in [2.24, 2.45) is 0 Å². The molecule has 2 heterocycles. The molecule has 2 aromatic heterocycles. The van der Waals surface area contributed by atoms with Gasteiger partial charge in [-0.05, 0) is 207 Å². The van der Waals surface area contributed by atoms with Crippen molar-refractivity contribution in [1.82, 2.24) is 9.13 Å². The molecule has 0 bridgehead atoms. The van der Waals surface area contributed by atoms with Crippen molar-refractivity contribution in [3.63, 3.8) is 0 Å². The lowest BCUT2D eigenvalue weighted by Crippen LogP contribution is -2.28. The van der Waals surface area contributed by atoms with Crippen LogP contribution >= 0.6 is 0 Å². The third kappa shape index (κ3) is 12.5. The topological polar surface area (TPSA) is 16.3 Å². The summed E-state index contributed by atoms with van der Waals surface area (Å²) < 4.78 is 4.95. The van der Waals surface area contributed by atoms with Crippen molar-refractivity contribution in [3.05, 3.63) is 566 Å². The van der Waals surface area contributed by atoms with Gasteiger partial charge in [-0.1, -0.05) is 431 Å². The average molecular weight is 1680 g/mol. The van der Waals surface area contributed by atoms with E-state index in [9.17, 15) is 0 Å². The minimum Gasteiger partial charge on any atom is -0.310 e. The molecule has 618 valence electrons.